The van der Waals surface area contributed by atoms with E-state index in [-0.39, 0.29) is 11.4 Å². The summed E-state index contributed by atoms with van der Waals surface area (Å²) in [4.78, 5) is 2.67. The number of hydrogen-bond acceptors (Lipinski definition) is 4. The summed E-state index contributed by atoms with van der Waals surface area (Å²) < 4.78 is 24.4. The highest BCUT2D eigenvalue weighted by molar-refractivity contribution is 5.29. The summed E-state index contributed by atoms with van der Waals surface area (Å²) in [5.41, 5.74) is 1.15. The number of piperidine rings is 1. The molecule has 2 heterocycles. The van der Waals surface area contributed by atoms with Crippen LogP contribution in [0.15, 0.2) is 18.2 Å². The number of nitrogens with one attached hydrogen (secondary N) is 1. The molecule has 2 aliphatic rings. The molecule has 1 aromatic rings. The summed E-state index contributed by atoms with van der Waals surface area (Å²) in [6, 6.07) is 5.18. The van der Waals surface area contributed by atoms with Crippen LogP contribution >= 0.6 is 0 Å². The number of ether oxygens (including phenoxy) is 2. The van der Waals surface area contributed by atoms with E-state index >= 15 is 0 Å². The van der Waals surface area contributed by atoms with Crippen LogP contribution in [0, 0.1) is 5.82 Å². The summed E-state index contributed by atoms with van der Waals surface area (Å²) in [6.07, 6.45) is 6.11. The van der Waals surface area contributed by atoms with E-state index in [0.29, 0.717) is 12.3 Å². The number of benzene rings is 1. The second kappa shape index (κ2) is 8.28. The van der Waals surface area contributed by atoms with Gasteiger partial charge in [-0.25, -0.2) is 4.39 Å². The van der Waals surface area contributed by atoms with Gasteiger partial charge in [-0.3, -0.25) is 4.90 Å². The van der Waals surface area contributed by atoms with E-state index in [0.717, 1.165) is 38.2 Å². The third-order valence-electron chi connectivity index (χ3n) is 5.45. The first-order chi connectivity index (χ1) is 11.7. The molecule has 3 rings (SSSR count). The summed E-state index contributed by atoms with van der Waals surface area (Å²) >= 11 is 0. The van der Waals surface area contributed by atoms with Gasteiger partial charge >= 0.3 is 0 Å². The van der Waals surface area contributed by atoms with Crippen LogP contribution in [-0.4, -0.2) is 50.4 Å². The van der Waals surface area contributed by atoms with E-state index in [9.17, 15) is 4.39 Å². The molecule has 0 saturated carbocycles. The van der Waals surface area contributed by atoms with Gasteiger partial charge in [0.15, 0.2) is 11.6 Å². The van der Waals surface area contributed by atoms with Crippen molar-refractivity contribution in [1.29, 1.82) is 0 Å². The molecule has 0 radical (unpaired) electrons. The fourth-order valence-electron chi connectivity index (χ4n) is 3.98. The minimum Gasteiger partial charge on any atom is -0.494 e. The Labute approximate surface area is 144 Å². The zero-order valence-electron chi connectivity index (χ0n) is 14.7. The molecule has 2 aliphatic heterocycles. The standard InChI is InChI=1S/C19H29FN2O2/c1-23-18-6-5-16(13-17(18)20)14-21-15-19(7-11-24-12-8-19)22-9-3-2-4-10-22/h5-6,13,21H,2-4,7-12,14-15H2,1H3. The number of methoxy groups -OCH3 is 1. The largest absolute Gasteiger partial charge is 0.494 e. The average molecular weight is 336 g/mol. The van der Waals surface area contributed by atoms with Crippen LogP contribution in [0.2, 0.25) is 0 Å². The number of halogens is 1. The molecule has 1 N–H and O–H groups in total. The quantitative estimate of drug-likeness (QED) is 0.866. The normalized spacial score (nSPS) is 21.6. The molecule has 0 bridgehead atoms. The third-order valence-corrected chi connectivity index (χ3v) is 5.45. The van der Waals surface area contributed by atoms with Gasteiger partial charge in [-0.1, -0.05) is 12.5 Å². The Bertz CT molecular complexity index is 526. The second-order valence-corrected chi connectivity index (χ2v) is 6.96. The predicted octanol–water partition coefficient (Wildman–Crippen LogP) is 2.96. The van der Waals surface area contributed by atoms with Gasteiger partial charge < -0.3 is 14.8 Å². The Morgan fingerprint density at radius 2 is 1.96 bits per heavy atom. The van der Waals surface area contributed by atoms with Gasteiger partial charge in [0.1, 0.15) is 0 Å². The van der Waals surface area contributed by atoms with Gasteiger partial charge in [0.05, 0.1) is 7.11 Å². The van der Waals surface area contributed by atoms with Crippen LogP contribution in [0.4, 0.5) is 4.39 Å². The van der Waals surface area contributed by atoms with Crippen molar-refractivity contribution >= 4 is 0 Å². The number of nitrogens with zero attached hydrogens (tertiary/aromatic N) is 1. The van der Waals surface area contributed by atoms with Gasteiger partial charge in [-0.2, -0.15) is 0 Å². The zero-order chi connectivity index (χ0) is 16.8. The molecule has 2 fully saturated rings. The van der Waals surface area contributed by atoms with E-state index in [2.05, 4.69) is 10.2 Å². The second-order valence-electron chi connectivity index (χ2n) is 6.96. The zero-order valence-corrected chi connectivity index (χ0v) is 14.7. The Hall–Kier alpha value is -1.17. The average Bonchev–Trinajstić information content (AvgIpc) is 2.63. The fourth-order valence-corrected chi connectivity index (χ4v) is 3.98. The minimum absolute atomic E-state index is 0.198. The number of rotatable bonds is 6. The molecular weight excluding hydrogens is 307 g/mol. The van der Waals surface area contributed by atoms with Crippen molar-refractivity contribution in [2.75, 3.05) is 40.0 Å². The van der Waals surface area contributed by atoms with Crippen molar-refractivity contribution < 1.29 is 13.9 Å². The predicted molar refractivity (Wildman–Crippen MR) is 92.9 cm³/mol. The van der Waals surface area contributed by atoms with Crippen molar-refractivity contribution in [3.63, 3.8) is 0 Å². The van der Waals surface area contributed by atoms with Gasteiger partial charge in [0.25, 0.3) is 0 Å². The molecule has 2 saturated heterocycles. The lowest BCUT2D eigenvalue weighted by Gasteiger charge is -2.48. The maximum atomic E-state index is 13.8. The fraction of sp³-hybridized carbons (Fsp3) is 0.684. The van der Waals surface area contributed by atoms with Crippen LogP contribution in [0.3, 0.4) is 0 Å². The van der Waals surface area contributed by atoms with Crippen LogP contribution in [-0.2, 0) is 11.3 Å². The lowest BCUT2D eigenvalue weighted by atomic mass is 9.86. The first-order valence-electron chi connectivity index (χ1n) is 9.09. The first kappa shape index (κ1) is 17.6. The number of hydrogen-bond donors (Lipinski definition) is 1. The molecule has 134 valence electrons. The summed E-state index contributed by atoms with van der Waals surface area (Å²) in [5.74, 6) is 0.00146. The molecule has 0 aromatic heterocycles. The van der Waals surface area contributed by atoms with Crippen LogP contribution in [0.1, 0.15) is 37.7 Å². The van der Waals surface area contributed by atoms with Crippen molar-refractivity contribution in [2.45, 2.75) is 44.2 Å². The highest BCUT2D eigenvalue weighted by Gasteiger charge is 2.38. The first-order valence-corrected chi connectivity index (χ1v) is 9.09. The Morgan fingerprint density at radius 1 is 1.21 bits per heavy atom. The molecule has 4 nitrogen and oxygen atoms in total. The van der Waals surface area contributed by atoms with E-state index in [1.807, 2.05) is 6.07 Å². The Balaban J connectivity index is 1.60. The highest BCUT2D eigenvalue weighted by Crippen LogP contribution is 2.30. The molecule has 5 heteroatoms. The third kappa shape index (κ3) is 4.08. The molecular formula is C19H29FN2O2. The highest BCUT2D eigenvalue weighted by atomic mass is 19.1. The molecule has 0 atom stereocenters. The maximum Gasteiger partial charge on any atom is 0.165 e. The molecule has 1 aromatic carbocycles. The topological polar surface area (TPSA) is 33.7 Å². The summed E-state index contributed by atoms with van der Waals surface area (Å²) in [5, 5.41) is 3.57. The van der Waals surface area contributed by atoms with Crippen molar-refractivity contribution in [2.24, 2.45) is 0 Å². The molecule has 0 amide bonds. The minimum atomic E-state index is -0.298. The monoisotopic (exact) mass is 336 g/mol. The summed E-state index contributed by atoms with van der Waals surface area (Å²) in [7, 11) is 1.49. The van der Waals surface area contributed by atoms with Crippen molar-refractivity contribution in [1.82, 2.24) is 10.2 Å². The SMILES string of the molecule is COc1ccc(CNCC2(N3CCCCC3)CCOCC2)cc1F. The van der Waals surface area contributed by atoms with E-state index in [1.54, 1.807) is 12.1 Å². The molecule has 0 unspecified atom stereocenters. The van der Waals surface area contributed by atoms with Crippen LogP contribution < -0.4 is 10.1 Å². The maximum absolute atomic E-state index is 13.8. The van der Waals surface area contributed by atoms with Gasteiger partial charge in [0.2, 0.25) is 0 Å². The van der Waals surface area contributed by atoms with Crippen LogP contribution in [0.5, 0.6) is 5.75 Å². The van der Waals surface area contributed by atoms with Crippen LogP contribution in [0.25, 0.3) is 0 Å². The van der Waals surface area contributed by atoms with E-state index < -0.39 is 0 Å². The van der Waals surface area contributed by atoms with E-state index in [4.69, 9.17) is 9.47 Å². The molecule has 24 heavy (non-hydrogen) atoms. The summed E-state index contributed by atoms with van der Waals surface area (Å²) in [6.45, 7) is 5.68. The van der Waals surface area contributed by atoms with Gasteiger partial charge in [-0.15, -0.1) is 0 Å². The number of likely N-dealkylation sites (tertiary alicyclic amines) is 1. The molecule has 0 aliphatic carbocycles. The van der Waals surface area contributed by atoms with Gasteiger partial charge in [0, 0.05) is 31.8 Å². The van der Waals surface area contributed by atoms with E-state index in [1.165, 1.54) is 39.5 Å². The lowest BCUT2D eigenvalue weighted by Crippen LogP contribution is -2.59. The smallest absolute Gasteiger partial charge is 0.165 e. The van der Waals surface area contributed by atoms with Crippen molar-refractivity contribution in [3.8, 4) is 5.75 Å². The van der Waals surface area contributed by atoms with Crippen molar-refractivity contribution in [3.05, 3.63) is 29.6 Å². The lowest BCUT2D eigenvalue weighted by molar-refractivity contribution is -0.0358. The Morgan fingerprint density at radius 3 is 2.62 bits per heavy atom. The molecule has 0 spiro atoms. The van der Waals surface area contributed by atoms with Gasteiger partial charge in [-0.05, 0) is 56.5 Å². The Kier molecular flexibility index (Phi) is 6.09.